The second kappa shape index (κ2) is 6.40. The lowest BCUT2D eigenvalue weighted by Gasteiger charge is -2.29. The van der Waals surface area contributed by atoms with Gasteiger partial charge in [0.05, 0.1) is 5.69 Å². The van der Waals surface area contributed by atoms with Gasteiger partial charge in [0.1, 0.15) is 0 Å². The fourth-order valence-electron chi connectivity index (χ4n) is 3.80. The van der Waals surface area contributed by atoms with Crippen LogP contribution in [0.25, 0.3) is 0 Å². The quantitative estimate of drug-likeness (QED) is 0.855. The molecule has 27 heavy (non-hydrogen) atoms. The largest absolute Gasteiger partial charge is 0.336 e. The molecule has 4 rings (SSSR count). The molecule has 0 atom stereocenters. The van der Waals surface area contributed by atoms with Crippen molar-refractivity contribution in [2.75, 3.05) is 24.5 Å². The fourth-order valence-corrected chi connectivity index (χ4v) is 3.80. The number of hydrogen-bond acceptors (Lipinski definition) is 3. The Bertz CT molecular complexity index is 896. The predicted molar refractivity (Wildman–Crippen MR) is 103 cm³/mol. The van der Waals surface area contributed by atoms with Gasteiger partial charge in [-0.3, -0.25) is 14.8 Å². The first kappa shape index (κ1) is 17.6. The van der Waals surface area contributed by atoms with Crippen LogP contribution < -0.4 is 10.2 Å². The summed E-state index contributed by atoms with van der Waals surface area (Å²) in [6.07, 6.45) is 0.776. The first-order valence-corrected chi connectivity index (χ1v) is 9.36. The third kappa shape index (κ3) is 3.18. The third-order valence-corrected chi connectivity index (χ3v) is 5.19. The highest BCUT2D eigenvalue weighted by molar-refractivity contribution is 5.98. The number of amides is 3. The zero-order valence-corrected chi connectivity index (χ0v) is 16.0. The molecule has 142 valence electrons. The molecule has 7 heteroatoms. The van der Waals surface area contributed by atoms with Crippen molar-refractivity contribution in [3.63, 3.8) is 0 Å². The highest BCUT2D eigenvalue weighted by Crippen LogP contribution is 2.30. The van der Waals surface area contributed by atoms with Crippen molar-refractivity contribution >= 4 is 17.6 Å². The van der Waals surface area contributed by atoms with Crippen molar-refractivity contribution in [3.05, 3.63) is 46.8 Å². The first-order valence-electron chi connectivity index (χ1n) is 9.36. The summed E-state index contributed by atoms with van der Waals surface area (Å²) in [6.45, 7) is 8.87. The molecule has 7 nitrogen and oxygen atoms in total. The van der Waals surface area contributed by atoms with Gasteiger partial charge in [-0.2, -0.15) is 5.10 Å². The number of benzene rings is 1. The maximum absolute atomic E-state index is 13.1. The summed E-state index contributed by atoms with van der Waals surface area (Å²) in [5.74, 6) is -0.0110. The van der Waals surface area contributed by atoms with E-state index in [9.17, 15) is 9.59 Å². The molecule has 3 amide bonds. The Labute approximate surface area is 158 Å². The zero-order chi connectivity index (χ0) is 19.2. The Morgan fingerprint density at radius 3 is 2.74 bits per heavy atom. The van der Waals surface area contributed by atoms with Crippen LogP contribution in [0.2, 0.25) is 0 Å². The summed E-state index contributed by atoms with van der Waals surface area (Å²) in [6, 6.07) is 7.21. The van der Waals surface area contributed by atoms with Crippen LogP contribution in [0, 0.1) is 0 Å². The second-order valence-electron chi connectivity index (χ2n) is 8.19. The van der Waals surface area contributed by atoms with E-state index in [0.29, 0.717) is 31.7 Å². The molecule has 0 spiro atoms. The van der Waals surface area contributed by atoms with E-state index >= 15 is 0 Å². The highest BCUT2D eigenvalue weighted by Gasteiger charge is 2.30. The van der Waals surface area contributed by atoms with Crippen molar-refractivity contribution in [2.24, 2.45) is 0 Å². The summed E-state index contributed by atoms with van der Waals surface area (Å²) >= 11 is 0. The molecule has 0 bridgehead atoms. The maximum Gasteiger partial charge on any atom is 0.321 e. The molecule has 1 aromatic heterocycles. The molecular weight excluding hydrogens is 342 g/mol. The Morgan fingerprint density at radius 2 is 2.04 bits per heavy atom. The number of H-pyrrole nitrogens is 1. The van der Waals surface area contributed by atoms with Gasteiger partial charge in [-0.15, -0.1) is 0 Å². The molecule has 0 saturated carbocycles. The molecule has 1 aromatic carbocycles. The van der Waals surface area contributed by atoms with Gasteiger partial charge < -0.3 is 10.2 Å². The number of rotatable bonds is 2. The number of urea groups is 1. The lowest BCUT2D eigenvalue weighted by molar-refractivity contribution is 0.0733. The number of carbonyl (C=O) groups is 2. The Hall–Kier alpha value is -2.83. The van der Waals surface area contributed by atoms with Gasteiger partial charge in [-0.1, -0.05) is 26.8 Å². The predicted octanol–water partition coefficient (Wildman–Crippen LogP) is 2.44. The van der Waals surface area contributed by atoms with Crippen LogP contribution in [0.1, 0.15) is 48.1 Å². The third-order valence-electron chi connectivity index (χ3n) is 5.19. The fraction of sp³-hybridized carbons (Fsp3) is 0.450. The van der Waals surface area contributed by atoms with E-state index in [0.717, 1.165) is 29.1 Å². The van der Waals surface area contributed by atoms with Crippen molar-refractivity contribution in [1.29, 1.82) is 0 Å². The Kier molecular flexibility index (Phi) is 4.17. The molecule has 2 aliphatic rings. The van der Waals surface area contributed by atoms with Gasteiger partial charge in [0.25, 0.3) is 5.91 Å². The lowest BCUT2D eigenvalue weighted by atomic mass is 9.87. The molecule has 2 aromatic rings. The van der Waals surface area contributed by atoms with Crippen LogP contribution >= 0.6 is 0 Å². The van der Waals surface area contributed by atoms with Gasteiger partial charge in [0.2, 0.25) is 0 Å². The monoisotopic (exact) mass is 367 g/mol. The van der Waals surface area contributed by atoms with E-state index in [2.05, 4.69) is 36.3 Å². The number of hydrogen-bond donors (Lipinski definition) is 2. The summed E-state index contributed by atoms with van der Waals surface area (Å²) in [5.41, 5.74) is 4.59. The summed E-state index contributed by atoms with van der Waals surface area (Å²) in [4.78, 5) is 28.6. The number of nitrogens with zero attached hydrogens (tertiary/aromatic N) is 3. The van der Waals surface area contributed by atoms with Crippen molar-refractivity contribution in [2.45, 2.75) is 39.2 Å². The molecule has 0 radical (unpaired) electrons. The van der Waals surface area contributed by atoms with Crippen LogP contribution in [-0.4, -0.2) is 46.7 Å². The van der Waals surface area contributed by atoms with Crippen LogP contribution in [0.3, 0.4) is 0 Å². The normalized spacial score (nSPS) is 17.1. The highest BCUT2D eigenvalue weighted by atomic mass is 16.2. The molecular formula is C20H25N5O2. The minimum atomic E-state index is -0.115. The second-order valence-corrected chi connectivity index (χ2v) is 8.19. The van der Waals surface area contributed by atoms with Gasteiger partial charge in [0, 0.05) is 60.5 Å². The van der Waals surface area contributed by atoms with Crippen molar-refractivity contribution < 1.29 is 9.59 Å². The molecule has 0 aliphatic carbocycles. The van der Waals surface area contributed by atoms with E-state index in [1.165, 1.54) is 0 Å². The molecule has 1 fully saturated rings. The summed E-state index contributed by atoms with van der Waals surface area (Å²) in [5, 5.41) is 10.4. The molecule has 1 saturated heterocycles. The van der Waals surface area contributed by atoms with E-state index in [4.69, 9.17) is 0 Å². The number of fused-ring (bicyclic) bond motifs is 1. The standard InChI is InChI=1S/C20H25N5O2/c1-20(2,3)17-15-12-24(9-7-16(15)22-23-17)18(26)13-5-4-6-14(11-13)25-10-8-21-19(25)27/h4-6,11H,7-10,12H2,1-3H3,(H,21,27)(H,22,23). The zero-order valence-electron chi connectivity index (χ0n) is 16.0. The van der Waals surface area contributed by atoms with Crippen LogP contribution in [0.4, 0.5) is 10.5 Å². The number of aromatic nitrogens is 2. The lowest BCUT2D eigenvalue weighted by Crippen LogP contribution is -2.37. The SMILES string of the molecule is CC(C)(C)c1n[nH]c2c1CN(C(=O)c1cccc(N3CCNC3=O)c1)CC2. The van der Waals surface area contributed by atoms with E-state index < -0.39 is 0 Å². The van der Waals surface area contributed by atoms with Gasteiger partial charge in [-0.05, 0) is 18.2 Å². The molecule has 0 unspecified atom stereocenters. The molecule has 3 heterocycles. The summed E-state index contributed by atoms with van der Waals surface area (Å²) in [7, 11) is 0. The minimum absolute atomic E-state index is 0.0110. The van der Waals surface area contributed by atoms with E-state index in [-0.39, 0.29) is 17.4 Å². The van der Waals surface area contributed by atoms with Crippen LogP contribution in [0.15, 0.2) is 24.3 Å². The van der Waals surface area contributed by atoms with Crippen LogP contribution in [0.5, 0.6) is 0 Å². The Morgan fingerprint density at radius 1 is 1.22 bits per heavy atom. The van der Waals surface area contributed by atoms with E-state index in [1.807, 2.05) is 29.2 Å². The van der Waals surface area contributed by atoms with Crippen LogP contribution in [-0.2, 0) is 18.4 Å². The average Bonchev–Trinajstić information content (AvgIpc) is 3.26. The van der Waals surface area contributed by atoms with Crippen molar-refractivity contribution in [3.8, 4) is 0 Å². The smallest absolute Gasteiger partial charge is 0.321 e. The molecule has 2 aliphatic heterocycles. The average molecular weight is 367 g/mol. The number of anilines is 1. The van der Waals surface area contributed by atoms with Gasteiger partial charge in [0.15, 0.2) is 0 Å². The van der Waals surface area contributed by atoms with Crippen molar-refractivity contribution in [1.82, 2.24) is 20.4 Å². The first-order chi connectivity index (χ1) is 12.8. The number of aromatic amines is 1. The number of nitrogens with one attached hydrogen (secondary N) is 2. The Balaban J connectivity index is 1.58. The van der Waals surface area contributed by atoms with Gasteiger partial charge >= 0.3 is 6.03 Å². The minimum Gasteiger partial charge on any atom is -0.336 e. The summed E-state index contributed by atoms with van der Waals surface area (Å²) < 4.78 is 0. The topological polar surface area (TPSA) is 81.3 Å². The van der Waals surface area contributed by atoms with E-state index in [1.54, 1.807) is 4.90 Å². The number of carbonyl (C=O) groups excluding carboxylic acids is 2. The maximum atomic E-state index is 13.1. The van der Waals surface area contributed by atoms with Gasteiger partial charge in [-0.25, -0.2) is 4.79 Å². The molecule has 2 N–H and O–H groups in total.